The van der Waals surface area contributed by atoms with Crippen LogP contribution in [0.3, 0.4) is 0 Å². The predicted molar refractivity (Wildman–Crippen MR) is 131 cm³/mol. The van der Waals surface area contributed by atoms with E-state index in [4.69, 9.17) is 9.84 Å². The van der Waals surface area contributed by atoms with E-state index in [1.165, 1.54) is 29.0 Å². The highest BCUT2D eigenvalue weighted by Crippen LogP contribution is 2.09. The van der Waals surface area contributed by atoms with Crippen LogP contribution in [0.1, 0.15) is 53.9 Å². The Bertz CT molecular complexity index is 977. The molecule has 0 aromatic carbocycles. The third kappa shape index (κ3) is 12.4. The van der Waals surface area contributed by atoms with E-state index in [1.807, 2.05) is 13.8 Å². The van der Waals surface area contributed by atoms with Gasteiger partial charge in [0.15, 0.2) is 0 Å². The third-order valence-corrected chi connectivity index (χ3v) is 4.53. The number of hydrogen-bond donors (Lipinski definition) is 4. The van der Waals surface area contributed by atoms with Crippen LogP contribution in [0.25, 0.3) is 0 Å². The van der Waals surface area contributed by atoms with E-state index in [0.29, 0.717) is 12.5 Å². The molecule has 0 radical (unpaired) electrons. The number of anilines is 1. The number of amides is 3. The van der Waals surface area contributed by atoms with Gasteiger partial charge in [-0.2, -0.15) is 0 Å². The Kier molecular flexibility index (Phi) is 11.7. The smallest absolute Gasteiger partial charge is 0.408 e. The van der Waals surface area contributed by atoms with Gasteiger partial charge in [-0.15, -0.1) is 0 Å². The fraction of sp³-hybridized carbons (Fsp3) is 0.542. The summed E-state index contributed by atoms with van der Waals surface area (Å²) < 4.78 is 6.37. The molecule has 0 spiro atoms. The lowest BCUT2D eigenvalue weighted by Crippen LogP contribution is -2.46. The summed E-state index contributed by atoms with van der Waals surface area (Å²) in [6, 6.07) is 1.81. The summed E-state index contributed by atoms with van der Waals surface area (Å²) in [6.45, 7) is 9.37. The first-order valence-electron chi connectivity index (χ1n) is 11.4. The monoisotopic (exact) mass is 492 g/mol. The molecule has 0 aliphatic carbocycles. The van der Waals surface area contributed by atoms with Gasteiger partial charge in [0, 0.05) is 18.8 Å². The molecule has 1 heterocycles. The molecule has 194 valence electrons. The quantitative estimate of drug-likeness (QED) is 0.326. The van der Waals surface area contributed by atoms with Crippen LogP contribution in [0.15, 0.2) is 35.3 Å². The Morgan fingerprint density at radius 3 is 2.46 bits per heavy atom. The van der Waals surface area contributed by atoms with Crippen LogP contribution < -0.4 is 21.5 Å². The second-order valence-electron chi connectivity index (χ2n) is 9.39. The first-order chi connectivity index (χ1) is 16.3. The summed E-state index contributed by atoms with van der Waals surface area (Å²) in [4.78, 5) is 60.7. The van der Waals surface area contributed by atoms with Gasteiger partial charge >= 0.3 is 12.1 Å². The number of aliphatic carboxylic acids is 1. The molecule has 1 unspecified atom stereocenters. The lowest BCUT2D eigenvalue weighted by Gasteiger charge is -2.23. The molecule has 35 heavy (non-hydrogen) atoms. The van der Waals surface area contributed by atoms with Crippen LogP contribution in [0.2, 0.25) is 0 Å². The van der Waals surface area contributed by atoms with E-state index in [9.17, 15) is 24.0 Å². The predicted octanol–water partition coefficient (Wildman–Crippen LogP) is 2.26. The van der Waals surface area contributed by atoms with Crippen molar-refractivity contribution in [2.75, 3.05) is 11.9 Å². The molecule has 0 bridgehead atoms. The number of aromatic nitrogens is 1. The molecule has 1 rings (SSSR count). The van der Waals surface area contributed by atoms with Gasteiger partial charge in [0.1, 0.15) is 23.9 Å². The van der Waals surface area contributed by atoms with Crippen molar-refractivity contribution in [3.63, 3.8) is 0 Å². The maximum atomic E-state index is 12.9. The Labute approximate surface area is 204 Å². The molecule has 1 aromatic rings. The van der Waals surface area contributed by atoms with Crippen molar-refractivity contribution in [2.24, 2.45) is 5.92 Å². The highest BCUT2D eigenvalue weighted by molar-refractivity contribution is 5.96. The Morgan fingerprint density at radius 1 is 1.17 bits per heavy atom. The number of carboxylic acids is 1. The van der Waals surface area contributed by atoms with E-state index < -0.39 is 35.2 Å². The third-order valence-electron chi connectivity index (χ3n) is 4.53. The molecule has 1 aromatic heterocycles. The van der Waals surface area contributed by atoms with E-state index in [1.54, 1.807) is 20.8 Å². The number of pyridine rings is 1. The van der Waals surface area contributed by atoms with E-state index >= 15 is 0 Å². The zero-order valence-corrected chi connectivity index (χ0v) is 20.9. The van der Waals surface area contributed by atoms with Gasteiger partial charge in [-0.3, -0.25) is 14.4 Å². The Morgan fingerprint density at radius 2 is 1.86 bits per heavy atom. The molecule has 11 nitrogen and oxygen atoms in total. The van der Waals surface area contributed by atoms with Crippen molar-refractivity contribution in [3.05, 3.63) is 40.8 Å². The fourth-order valence-electron chi connectivity index (χ4n) is 2.85. The minimum absolute atomic E-state index is 0.0636. The normalized spacial score (nSPS) is 12.3. The van der Waals surface area contributed by atoms with Gasteiger partial charge in [0.05, 0.1) is 0 Å². The number of carbonyl (C=O) groups excluding carboxylic acids is 3. The second-order valence-corrected chi connectivity index (χ2v) is 9.39. The summed E-state index contributed by atoms with van der Waals surface area (Å²) in [7, 11) is 0. The first-order valence-corrected chi connectivity index (χ1v) is 11.4. The number of carboxylic acid groups (broad SMARTS) is 1. The van der Waals surface area contributed by atoms with E-state index in [-0.39, 0.29) is 31.0 Å². The molecular formula is C24H36N4O7. The Balaban J connectivity index is 2.93. The maximum absolute atomic E-state index is 12.9. The molecule has 1 atom stereocenters. The number of ether oxygens (including phenoxy) is 1. The number of nitrogens with zero attached hydrogens (tertiary/aromatic N) is 1. The minimum Gasteiger partial charge on any atom is -0.478 e. The van der Waals surface area contributed by atoms with Crippen molar-refractivity contribution in [3.8, 4) is 0 Å². The van der Waals surface area contributed by atoms with Gasteiger partial charge in [0.25, 0.3) is 5.56 Å². The van der Waals surface area contributed by atoms with Crippen molar-refractivity contribution in [1.29, 1.82) is 0 Å². The number of nitrogens with one attached hydrogen (secondary N) is 3. The summed E-state index contributed by atoms with van der Waals surface area (Å²) in [5.41, 5.74) is -1.44. The highest BCUT2D eigenvalue weighted by Gasteiger charge is 2.24. The maximum Gasteiger partial charge on any atom is 0.408 e. The number of carbonyl (C=O) groups is 4. The standard InChI is InChI=1S/C24H36N4O7/c1-16(2)12-13-25-19(29)15-28-14-8-10-18(22(28)33)26-21(32)17(9-6-7-11-20(30)31)27-23(34)35-24(3,4)5/h7-8,10-11,14,16-17H,6,9,12-13,15H2,1-5H3,(H,25,29)(H,26,32)(H,27,34)(H,30,31). The van der Waals surface area contributed by atoms with Crippen LogP contribution >= 0.6 is 0 Å². The largest absolute Gasteiger partial charge is 0.478 e. The zero-order valence-electron chi connectivity index (χ0n) is 20.9. The van der Waals surface area contributed by atoms with Crippen molar-refractivity contribution in [2.45, 2.75) is 72.1 Å². The lowest BCUT2D eigenvalue weighted by molar-refractivity contribution is -0.131. The highest BCUT2D eigenvalue weighted by atomic mass is 16.6. The summed E-state index contributed by atoms with van der Waals surface area (Å²) in [5.74, 6) is -1.72. The summed E-state index contributed by atoms with van der Waals surface area (Å²) in [6.07, 6.45) is 3.95. The molecule has 0 saturated heterocycles. The molecule has 11 heteroatoms. The molecule has 0 aliphatic rings. The van der Waals surface area contributed by atoms with Crippen LogP contribution in [-0.4, -0.2) is 51.7 Å². The van der Waals surface area contributed by atoms with Crippen LogP contribution in [0.5, 0.6) is 0 Å². The molecule has 0 saturated carbocycles. The first kappa shape index (κ1) is 29.4. The molecule has 0 fully saturated rings. The van der Waals surface area contributed by atoms with Gasteiger partial charge < -0.3 is 30.4 Å². The molecular weight excluding hydrogens is 456 g/mol. The summed E-state index contributed by atoms with van der Waals surface area (Å²) >= 11 is 0. The van der Waals surface area contributed by atoms with E-state index in [0.717, 1.165) is 12.5 Å². The lowest BCUT2D eigenvalue weighted by atomic mass is 10.1. The Hall–Kier alpha value is -3.63. The van der Waals surface area contributed by atoms with Crippen molar-refractivity contribution >= 4 is 29.6 Å². The number of rotatable bonds is 12. The topological polar surface area (TPSA) is 156 Å². The minimum atomic E-state index is -1.14. The van der Waals surface area contributed by atoms with Gasteiger partial charge in [0.2, 0.25) is 11.8 Å². The number of alkyl carbamates (subject to hydrolysis) is 1. The number of allylic oxidation sites excluding steroid dienone is 1. The van der Waals surface area contributed by atoms with Gasteiger partial charge in [-0.25, -0.2) is 9.59 Å². The second kappa shape index (κ2) is 13.9. The number of hydrogen-bond acceptors (Lipinski definition) is 6. The van der Waals surface area contributed by atoms with Crippen LogP contribution in [0, 0.1) is 5.92 Å². The van der Waals surface area contributed by atoms with Gasteiger partial charge in [-0.1, -0.05) is 19.9 Å². The average molecular weight is 493 g/mol. The van der Waals surface area contributed by atoms with Crippen molar-refractivity contribution < 1.29 is 29.0 Å². The summed E-state index contributed by atoms with van der Waals surface area (Å²) in [5, 5.41) is 16.4. The molecule has 4 N–H and O–H groups in total. The fourth-order valence-corrected chi connectivity index (χ4v) is 2.85. The van der Waals surface area contributed by atoms with Crippen LogP contribution in [-0.2, 0) is 25.7 Å². The average Bonchev–Trinajstić information content (AvgIpc) is 2.71. The van der Waals surface area contributed by atoms with E-state index in [2.05, 4.69) is 16.0 Å². The van der Waals surface area contributed by atoms with Gasteiger partial charge in [-0.05, 0) is 58.1 Å². The van der Waals surface area contributed by atoms with Crippen LogP contribution in [0.4, 0.5) is 10.5 Å². The SMILES string of the molecule is CC(C)CCNC(=O)Cn1cccc(NC(=O)C(CCC=CC(=O)O)NC(=O)OC(C)(C)C)c1=O. The van der Waals surface area contributed by atoms with Crippen molar-refractivity contribution in [1.82, 2.24) is 15.2 Å². The molecule has 3 amide bonds. The zero-order chi connectivity index (χ0) is 26.6. The molecule has 0 aliphatic heterocycles.